The molecule has 0 aromatic heterocycles. The average molecular weight is 382 g/mol. The second kappa shape index (κ2) is 8.87. The average Bonchev–Trinajstić information content (AvgIpc) is 2.61. The largest absolute Gasteiger partial charge is 0.495 e. The number of methoxy groups -OCH3 is 3. The molecule has 7 heteroatoms. The molecule has 0 aliphatic carbocycles. The van der Waals surface area contributed by atoms with E-state index in [1.165, 1.54) is 11.8 Å². The molecule has 2 aromatic carbocycles. The fraction of sp³-hybridized carbons (Fsp3) is 0.278. The lowest BCUT2D eigenvalue weighted by molar-refractivity contribution is -0.115. The number of carbonyl (C=O) groups excluding carboxylic acids is 1. The van der Waals surface area contributed by atoms with E-state index >= 15 is 0 Å². The van der Waals surface area contributed by atoms with Crippen LogP contribution in [-0.4, -0.2) is 32.5 Å². The third-order valence-electron chi connectivity index (χ3n) is 3.46. The van der Waals surface area contributed by atoms with E-state index in [0.29, 0.717) is 28.0 Å². The summed E-state index contributed by atoms with van der Waals surface area (Å²) in [5.74, 6) is 1.72. The van der Waals surface area contributed by atoms with Crippen molar-refractivity contribution in [3.8, 4) is 17.2 Å². The van der Waals surface area contributed by atoms with E-state index in [-0.39, 0.29) is 11.2 Å². The quantitative estimate of drug-likeness (QED) is 0.716. The molecule has 0 fully saturated rings. The van der Waals surface area contributed by atoms with Crippen molar-refractivity contribution >= 4 is 35.0 Å². The second-order valence-corrected chi connectivity index (χ2v) is 6.94. The SMILES string of the molecule is COc1ccc(NC(=O)[C@@H](C)Sc2ccc(OC)c(OC)c2)cc1Cl. The molecule has 0 aliphatic heterocycles. The molecule has 2 aromatic rings. The standard InChI is InChI=1S/C18H20ClNO4S/c1-11(25-13-6-8-16(23-3)17(10-13)24-4)18(21)20-12-5-7-15(22-2)14(19)9-12/h5-11H,1-4H3,(H,20,21)/t11-/m1/s1. The Labute approximate surface area is 156 Å². The molecule has 0 unspecified atom stereocenters. The van der Waals surface area contributed by atoms with Crippen molar-refractivity contribution in [1.82, 2.24) is 0 Å². The lowest BCUT2D eigenvalue weighted by Crippen LogP contribution is -2.22. The first kappa shape index (κ1) is 19.3. The third kappa shape index (κ3) is 4.96. The minimum Gasteiger partial charge on any atom is -0.495 e. The number of thioether (sulfide) groups is 1. The molecule has 0 radical (unpaired) electrons. The predicted octanol–water partition coefficient (Wildman–Crippen LogP) is 4.49. The van der Waals surface area contributed by atoms with Crippen molar-refractivity contribution in [3.05, 3.63) is 41.4 Å². The highest BCUT2D eigenvalue weighted by Crippen LogP contribution is 2.34. The van der Waals surface area contributed by atoms with Crippen LogP contribution in [0, 0.1) is 0 Å². The first-order valence-corrected chi connectivity index (χ1v) is 8.77. The molecule has 0 bridgehead atoms. The van der Waals surface area contributed by atoms with Crippen molar-refractivity contribution < 1.29 is 19.0 Å². The van der Waals surface area contributed by atoms with Crippen molar-refractivity contribution in [2.24, 2.45) is 0 Å². The van der Waals surface area contributed by atoms with Gasteiger partial charge >= 0.3 is 0 Å². The van der Waals surface area contributed by atoms with E-state index in [4.69, 9.17) is 25.8 Å². The van der Waals surface area contributed by atoms with Gasteiger partial charge < -0.3 is 19.5 Å². The fourth-order valence-electron chi connectivity index (χ4n) is 2.14. The maximum absolute atomic E-state index is 12.4. The number of halogens is 1. The molecule has 2 rings (SSSR count). The summed E-state index contributed by atoms with van der Waals surface area (Å²) in [6.07, 6.45) is 0. The zero-order chi connectivity index (χ0) is 18.4. The number of anilines is 1. The number of nitrogens with one attached hydrogen (secondary N) is 1. The van der Waals surface area contributed by atoms with Gasteiger partial charge in [-0.1, -0.05) is 11.6 Å². The van der Waals surface area contributed by atoms with Crippen LogP contribution in [0.1, 0.15) is 6.92 Å². The Morgan fingerprint density at radius 1 is 1.00 bits per heavy atom. The first-order valence-electron chi connectivity index (χ1n) is 7.51. The molecule has 25 heavy (non-hydrogen) atoms. The molecular weight excluding hydrogens is 362 g/mol. The van der Waals surface area contributed by atoms with E-state index in [2.05, 4.69) is 5.32 Å². The van der Waals surface area contributed by atoms with Crippen LogP contribution in [0.3, 0.4) is 0 Å². The van der Waals surface area contributed by atoms with E-state index in [0.717, 1.165) is 4.90 Å². The number of amides is 1. The molecule has 0 heterocycles. The number of benzene rings is 2. The van der Waals surface area contributed by atoms with Gasteiger partial charge in [0, 0.05) is 10.6 Å². The molecule has 1 N–H and O–H groups in total. The summed E-state index contributed by atoms with van der Waals surface area (Å²) in [5.41, 5.74) is 0.621. The van der Waals surface area contributed by atoms with Gasteiger partial charge in [0.2, 0.25) is 5.91 Å². The third-order valence-corrected chi connectivity index (χ3v) is 4.85. The van der Waals surface area contributed by atoms with Crippen molar-refractivity contribution in [3.63, 3.8) is 0 Å². The Morgan fingerprint density at radius 3 is 2.24 bits per heavy atom. The summed E-state index contributed by atoms with van der Waals surface area (Å²) in [5, 5.41) is 2.99. The van der Waals surface area contributed by atoms with Crippen LogP contribution in [0.15, 0.2) is 41.3 Å². The number of rotatable bonds is 7. The van der Waals surface area contributed by atoms with Crippen molar-refractivity contribution in [2.45, 2.75) is 17.1 Å². The highest BCUT2D eigenvalue weighted by atomic mass is 35.5. The van der Waals surface area contributed by atoms with Gasteiger partial charge in [-0.05, 0) is 43.3 Å². The van der Waals surface area contributed by atoms with Crippen LogP contribution >= 0.6 is 23.4 Å². The zero-order valence-electron chi connectivity index (χ0n) is 14.5. The Morgan fingerprint density at radius 2 is 1.64 bits per heavy atom. The second-order valence-electron chi connectivity index (χ2n) is 5.12. The molecule has 5 nitrogen and oxygen atoms in total. The Balaban J connectivity index is 2.04. The summed E-state index contributed by atoms with van der Waals surface area (Å²) in [6.45, 7) is 1.84. The van der Waals surface area contributed by atoms with Crippen LogP contribution in [-0.2, 0) is 4.79 Å². The number of carbonyl (C=O) groups is 1. The van der Waals surface area contributed by atoms with Crippen LogP contribution in [0.25, 0.3) is 0 Å². The van der Waals surface area contributed by atoms with Gasteiger partial charge in [-0.2, -0.15) is 0 Å². The fourth-order valence-corrected chi connectivity index (χ4v) is 3.29. The van der Waals surface area contributed by atoms with Crippen LogP contribution < -0.4 is 19.5 Å². The molecule has 0 aliphatic rings. The molecule has 0 saturated carbocycles. The first-order chi connectivity index (χ1) is 12.0. The summed E-state index contributed by atoms with van der Waals surface area (Å²) < 4.78 is 15.6. The van der Waals surface area contributed by atoms with Gasteiger partial charge in [0.1, 0.15) is 5.75 Å². The highest BCUT2D eigenvalue weighted by Gasteiger charge is 2.16. The maximum atomic E-state index is 12.4. The highest BCUT2D eigenvalue weighted by molar-refractivity contribution is 8.00. The minimum absolute atomic E-state index is 0.124. The maximum Gasteiger partial charge on any atom is 0.237 e. The van der Waals surface area contributed by atoms with Gasteiger partial charge in [0.05, 0.1) is 31.6 Å². The van der Waals surface area contributed by atoms with Gasteiger partial charge in [-0.15, -0.1) is 11.8 Å². The molecule has 0 saturated heterocycles. The van der Waals surface area contributed by atoms with Crippen molar-refractivity contribution in [1.29, 1.82) is 0 Å². The van der Waals surface area contributed by atoms with Crippen LogP contribution in [0.5, 0.6) is 17.2 Å². The van der Waals surface area contributed by atoms with E-state index in [1.807, 2.05) is 25.1 Å². The lowest BCUT2D eigenvalue weighted by atomic mass is 10.3. The lowest BCUT2D eigenvalue weighted by Gasteiger charge is -2.14. The van der Waals surface area contributed by atoms with Gasteiger partial charge in [0.25, 0.3) is 0 Å². The number of ether oxygens (including phenoxy) is 3. The molecule has 1 amide bonds. The predicted molar refractivity (Wildman–Crippen MR) is 101 cm³/mol. The van der Waals surface area contributed by atoms with E-state index in [1.54, 1.807) is 39.5 Å². The summed E-state index contributed by atoms with van der Waals surface area (Å²) >= 11 is 7.50. The number of hydrogen-bond acceptors (Lipinski definition) is 5. The monoisotopic (exact) mass is 381 g/mol. The Bertz CT molecular complexity index is 754. The van der Waals surface area contributed by atoms with Crippen molar-refractivity contribution in [2.75, 3.05) is 26.6 Å². The minimum atomic E-state index is -0.307. The van der Waals surface area contributed by atoms with E-state index in [9.17, 15) is 4.79 Å². The van der Waals surface area contributed by atoms with Crippen LogP contribution in [0.2, 0.25) is 5.02 Å². The molecular formula is C18H20ClNO4S. The van der Waals surface area contributed by atoms with Gasteiger partial charge in [-0.3, -0.25) is 4.79 Å². The summed E-state index contributed by atoms with van der Waals surface area (Å²) in [6, 6.07) is 10.7. The van der Waals surface area contributed by atoms with E-state index < -0.39 is 0 Å². The summed E-state index contributed by atoms with van der Waals surface area (Å²) in [4.78, 5) is 13.3. The Hall–Kier alpha value is -2.05. The van der Waals surface area contributed by atoms with Gasteiger partial charge in [-0.25, -0.2) is 0 Å². The topological polar surface area (TPSA) is 56.8 Å². The Kier molecular flexibility index (Phi) is 6.84. The molecule has 0 spiro atoms. The number of hydrogen-bond donors (Lipinski definition) is 1. The zero-order valence-corrected chi connectivity index (χ0v) is 16.0. The summed E-state index contributed by atoms with van der Waals surface area (Å²) in [7, 11) is 4.71. The molecule has 134 valence electrons. The van der Waals surface area contributed by atoms with Crippen LogP contribution in [0.4, 0.5) is 5.69 Å². The van der Waals surface area contributed by atoms with Gasteiger partial charge in [0.15, 0.2) is 11.5 Å². The molecule has 1 atom stereocenters. The smallest absolute Gasteiger partial charge is 0.237 e. The normalized spacial score (nSPS) is 11.6.